The fourth-order valence-electron chi connectivity index (χ4n) is 3.94. The Labute approximate surface area is 180 Å². The Balaban J connectivity index is 1.95. The van der Waals surface area contributed by atoms with E-state index in [9.17, 15) is 9.59 Å². The molecule has 0 bridgehead atoms. The maximum atomic E-state index is 13.5. The number of carbonyl (C=O) groups excluding carboxylic acids is 2. The smallest absolute Gasteiger partial charge is 0.266 e. The summed E-state index contributed by atoms with van der Waals surface area (Å²) < 4.78 is 1.86. The molecule has 1 amide bonds. The number of hydrogen-bond acceptors (Lipinski definition) is 6. The number of aliphatic imine (C=N–C) groups is 1. The fourth-order valence-corrected chi connectivity index (χ4v) is 3.94. The van der Waals surface area contributed by atoms with Crippen LogP contribution in [0.5, 0.6) is 0 Å². The third kappa shape index (κ3) is 3.20. The number of rotatable bonds is 6. The second-order valence-electron chi connectivity index (χ2n) is 7.43. The maximum absolute atomic E-state index is 13.5. The Morgan fingerprint density at radius 2 is 1.84 bits per heavy atom. The van der Waals surface area contributed by atoms with E-state index in [1.54, 1.807) is 25.5 Å². The van der Waals surface area contributed by atoms with Gasteiger partial charge in [0.05, 0.1) is 5.69 Å². The topological polar surface area (TPSA) is 106 Å². The lowest BCUT2D eigenvalue weighted by Crippen LogP contribution is -2.41. The lowest BCUT2D eigenvalue weighted by atomic mass is 9.83. The molecule has 3 aromatic rings. The minimum Gasteiger partial charge on any atom is -0.369 e. The minimum atomic E-state index is -1.37. The number of likely N-dealkylation sites (N-methyl/N-ethyl adjacent to an activating group) is 1. The van der Waals surface area contributed by atoms with E-state index < -0.39 is 5.54 Å². The van der Waals surface area contributed by atoms with Crippen LogP contribution in [0.25, 0.3) is 11.1 Å². The van der Waals surface area contributed by atoms with Crippen molar-refractivity contribution in [3.05, 3.63) is 72.1 Å². The van der Waals surface area contributed by atoms with Crippen molar-refractivity contribution in [2.24, 2.45) is 10.7 Å². The van der Waals surface area contributed by atoms with E-state index in [1.165, 1.54) is 11.2 Å². The minimum absolute atomic E-state index is 0.00851. The zero-order valence-corrected chi connectivity index (χ0v) is 17.7. The summed E-state index contributed by atoms with van der Waals surface area (Å²) in [6.07, 6.45) is 7.10. The number of nitrogens with zero attached hydrogens (tertiary/aromatic N) is 5. The van der Waals surface area contributed by atoms with Crippen molar-refractivity contribution in [1.82, 2.24) is 19.4 Å². The van der Waals surface area contributed by atoms with Crippen molar-refractivity contribution in [3.63, 3.8) is 0 Å². The van der Waals surface area contributed by atoms with Gasteiger partial charge in [0.2, 0.25) is 0 Å². The third-order valence-corrected chi connectivity index (χ3v) is 5.68. The summed E-state index contributed by atoms with van der Waals surface area (Å²) in [5.41, 5.74) is 8.24. The van der Waals surface area contributed by atoms with E-state index in [2.05, 4.69) is 15.0 Å². The molecular weight excluding hydrogens is 392 g/mol. The van der Waals surface area contributed by atoms with Gasteiger partial charge in [-0.15, -0.1) is 0 Å². The number of amides is 1. The highest BCUT2D eigenvalue weighted by molar-refractivity contribution is 6.09. The average molecular weight is 416 g/mol. The third-order valence-electron chi connectivity index (χ3n) is 5.68. The molecule has 2 aromatic heterocycles. The van der Waals surface area contributed by atoms with E-state index in [4.69, 9.17) is 5.73 Å². The Hall–Kier alpha value is -3.81. The van der Waals surface area contributed by atoms with E-state index in [-0.39, 0.29) is 17.6 Å². The molecule has 8 nitrogen and oxygen atoms in total. The quantitative estimate of drug-likeness (QED) is 0.622. The number of carbonyl (C=O) groups is 2. The van der Waals surface area contributed by atoms with Crippen LogP contribution in [0.3, 0.4) is 0 Å². The van der Waals surface area contributed by atoms with Gasteiger partial charge >= 0.3 is 0 Å². The van der Waals surface area contributed by atoms with Gasteiger partial charge in [-0.2, -0.15) is 0 Å². The monoisotopic (exact) mass is 416 g/mol. The second-order valence-corrected chi connectivity index (χ2v) is 7.43. The zero-order valence-electron chi connectivity index (χ0n) is 17.7. The number of benzene rings is 1. The molecule has 1 unspecified atom stereocenters. The van der Waals surface area contributed by atoms with E-state index in [1.807, 2.05) is 48.9 Å². The lowest BCUT2D eigenvalue weighted by Gasteiger charge is -2.25. The summed E-state index contributed by atoms with van der Waals surface area (Å²) in [5.74, 6) is -0.129. The van der Waals surface area contributed by atoms with Crippen LogP contribution in [0.2, 0.25) is 0 Å². The molecule has 31 heavy (non-hydrogen) atoms. The largest absolute Gasteiger partial charge is 0.369 e. The summed E-state index contributed by atoms with van der Waals surface area (Å²) in [5, 5.41) is 0. The zero-order chi connectivity index (χ0) is 22.2. The number of guanidine groups is 1. The van der Waals surface area contributed by atoms with Crippen molar-refractivity contribution in [1.29, 1.82) is 0 Å². The summed E-state index contributed by atoms with van der Waals surface area (Å²) in [6.45, 7) is 4.38. The molecular formula is C23H24N6O2. The van der Waals surface area contributed by atoms with Gasteiger partial charge in [-0.25, -0.2) is 15.0 Å². The molecule has 0 saturated heterocycles. The maximum Gasteiger partial charge on any atom is 0.266 e. The van der Waals surface area contributed by atoms with Gasteiger partial charge in [-0.05, 0) is 30.2 Å². The summed E-state index contributed by atoms with van der Waals surface area (Å²) in [7, 11) is 1.60. The van der Waals surface area contributed by atoms with Gasteiger partial charge in [-0.1, -0.05) is 25.1 Å². The van der Waals surface area contributed by atoms with Crippen LogP contribution >= 0.6 is 0 Å². The number of Topliss-reactive ketones (excluding diaryl/α,β-unsaturated/α-hetero) is 1. The lowest BCUT2D eigenvalue weighted by molar-refractivity contribution is -0.129. The van der Waals surface area contributed by atoms with Crippen molar-refractivity contribution in [2.45, 2.75) is 32.4 Å². The molecule has 0 saturated carbocycles. The molecule has 0 fully saturated rings. The number of aryl methyl sites for hydroxylation is 1. The summed E-state index contributed by atoms with van der Waals surface area (Å²) in [6, 6.07) is 9.31. The highest BCUT2D eigenvalue weighted by atomic mass is 16.2. The molecule has 1 aliphatic heterocycles. The Bertz CT molecular complexity index is 1180. The van der Waals surface area contributed by atoms with Crippen LogP contribution in [-0.4, -0.2) is 44.1 Å². The van der Waals surface area contributed by atoms with Gasteiger partial charge in [0, 0.05) is 49.7 Å². The standard InChI is InChI=1S/C23H24N6O2/c1-4-20(30)19-10-18(13-29(19)5-2)23(21(31)28(3)22(24)27-23)17-8-6-7-15(9-17)16-11-25-14-26-12-16/h6-14H,4-5H2,1-3H3,(H2,24,27). The molecule has 3 heterocycles. The number of nitrogens with two attached hydrogens (primary N) is 1. The first kappa shape index (κ1) is 20.5. The average Bonchev–Trinajstić information content (AvgIpc) is 3.35. The van der Waals surface area contributed by atoms with E-state index in [0.717, 1.165) is 11.1 Å². The number of aromatic nitrogens is 3. The van der Waals surface area contributed by atoms with E-state index >= 15 is 0 Å². The van der Waals surface area contributed by atoms with Crippen molar-refractivity contribution in [3.8, 4) is 11.1 Å². The molecule has 1 aliphatic rings. The SMILES string of the molecule is CCC(=O)c1cc(C2(c3cccc(-c4cncnc4)c3)N=C(N)N(C)C2=O)cn1CC. The first-order chi connectivity index (χ1) is 14.9. The molecule has 0 radical (unpaired) electrons. The van der Waals surface area contributed by atoms with Crippen LogP contribution < -0.4 is 5.73 Å². The summed E-state index contributed by atoms with van der Waals surface area (Å²) >= 11 is 0. The molecule has 158 valence electrons. The fraction of sp³-hybridized carbons (Fsp3) is 0.261. The second kappa shape index (κ2) is 7.79. The van der Waals surface area contributed by atoms with Gasteiger partial charge < -0.3 is 10.3 Å². The molecule has 2 N–H and O–H groups in total. The molecule has 1 aromatic carbocycles. The molecule has 0 aliphatic carbocycles. The number of hydrogen-bond donors (Lipinski definition) is 1. The van der Waals surface area contributed by atoms with Gasteiger partial charge in [0.25, 0.3) is 5.91 Å². The Morgan fingerprint density at radius 3 is 2.45 bits per heavy atom. The first-order valence-corrected chi connectivity index (χ1v) is 10.2. The predicted molar refractivity (Wildman–Crippen MR) is 117 cm³/mol. The van der Waals surface area contributed by atoms with Crippen LogP contribution in [0.4, 0.5) is 0 Å². The molecule has 4 rings (SSSR count). The van der Waals surface area contributed by atoms with Crippen molar-refractivity contribution < 1.29 is 9.59 Å². The normalized spacial score (nSPS) is 18.4. The van der Waals surface area contributed by atoms with Gasteiger partial charge in [0.15, 0.2) is 17.3 Å². The van der Waals surface area contributed by atoms with Gasteiger partial charge in [-0.3, -0.25) is 14.5 Å². The van der Waals surface area contributed by atoms with Crippen LogP contribution in [0, 0.1) is 0 Å². The van der Waals surface area contributed by atoms with Crippen molar-refractivity contribution >= 4 is 17.6 Å². The molecule has 1 atom stereocenters. The number of ketones is 1. The Kier molecular flexibility index (Phi) is 5.14. The van der Waals surface area contributed by atoms with Crippen LogP contribution in [-0.2, 0) is 16.9 Å². The molecule has 0 spiro atoms. The highest BCUT2D eigenvalue weighted by Crippen LogP contribution is 2.41. The Morgan fingerprint density at radius 1 is 1.10 bits per heavy atom. The highest BCUT2D eigenvalue weighted by Gasteiger charge is 2.50. The van der Waals surface area contributed by atoms with Crippen LogP contribution in [0.1, 0.15) is 41.9 Å². The van der Waals surface area contributed by atoms with E-state index in [0.29, 0.717) is 29.8 Å². The van der Waals surface area contributed by atoms with Crippen molar-refractivity contribution in [2.75, 3.05) is 7.05 Å². The predicted octanol–water partition coefficient (Wildman–Crippen LogP) is 2.59. The first-order valence-electron chi connectivity index (χ1n) is 10.2. The molecule has 8 heteroatoms. The van der Waals surface area contributed by atoms with Gasteiger partial charge in [0.1, 0.15) is 6.33 Å². The summed E-state index contributed by atoms with van der Waals surface area (Å²) in [4.78, 5) is 40.2. The van der Waals surface area contributed by atoms with Crippen LogP contribution in [0.15, 0.2) is 60.2 Å².